The molecule has 156 valence electrons. The molecule has 0 saturated carbocycles. The summed E-state index contributed by atoms with van der Waals surface area (Å²) in [5.41, 5.74) is 1.65. The molecule has 12 heteroatoms. The van der Waals surface area contributed by atoms with Crippen LogP contribution in [0, 0.1) is 5.82 Å². The number of benzene rings is 1. The number of hydrogen-bond donors (Lipinski definition) is 1. The van der Waals surface area contributed by atoms with E-state index in [-0.39, 0.29) is 34.0 Å². The minimum atomic E-state index is -0.702. The Hall–Kier alpha value is -3.27. The number of pyridine rings is 2. The van der Waals surface area contributed by atoms with E-state index in [9.17, 15) is 4.39 Å². The molecule has 0 bridgehead atoms. The number of nitrogens with zero attached hydrogens (tertiary/aromatic N) is 6. The van der Waals surface area contributed by atoms with Crippen LogP contribution in [0.25, 0.3) is 16.7 Å². The van der Waals surface area contributed by atoms with Crippen LogP contribution in [0.5, 0.6) is 11.5 Å². The average Bonchev–Trinajstić information content (AvgIpc) is 3.22. The van der Waals surface area contributed by atoms with Gasteiger partial charge in [0.05, 0.1) is 11.2 Å². The minimum absolute atomic E-state index is 0. The van der Waals surface area contributed by atoms with Crippen LogP contribution in [-0.2, 0) is 0 Å². The zero-order chi connectivity index (χ0) is 20.7. The monoisotopic (exact) mass is 477 g/mol. The van der Waals surface area contributed by atoms with Crippen molar-refractivity contribution >= 4 is 63.8 Å². The van der Waals surface area contributed by atoms with Crippen molar-refractivity contribution in [3.8, 4) is 11.5 Å². The molecule has 0 saturated heterocycles. The first-order chi connectivity index (χ1) is 14.6. The molecule has 5 aromatic rings. The van der Waals surface area contributed by atoms with Crippen LogP contribution in [0.2, 0.25) is 10.2 Å². The predicted octanol–water partition coefficient (Wildman–Crippen LogP) is 5.47. The fourth-order valence-electron chi connectivity index (χ4n) is 2.83. The van der Waals surface area contributed by atoms with Crippen LogP contribution >= 0.6 is 35.6 Å². The summed E-state index contributed by atoms with van der Waals surface area (Å²) < 4.78 is 22.2. The van der Waals surface area contributed by atoms with E-state index in [1.54, 1.807) is 41.0 Å². The first kappa shape index (κ1) is 21.0. The number of hydrogen-bond acceptors (Lipinski definition) is 7. The van der Waals surface area contributed by atoms with Gasteiger partial charge in [-0.15, -0.1) is 12.4 Å². The summed E-state index contributed by atoms with van der Waals surface area (Å²) in [5.74, 6) is 0.186. The highest BCUT2D eigenvalue weighted by Crippen LogP contribution is 2.36. The number of ether oxygens (including phenoxy) is 1. The van der Waals surface area contributed by atoms with E-state index in [1.807, 2.05) is 0 Å². The molecule has 0 aliphatic rings. The Bertz CT molecular complexity index is 1410. The Morgan fingerprint density at radius 3 is 2.74 bits per heavy atom. The van der Waals surface area contributed by atoms with E-state index in [2.05, 4.69) is 30.4 Å². The Labute approximate surface area is 190 Å². The van der Waals surface area contributed by atoms with Crippen LogP contribution in [-0.4, -0.2) is 29.5 Å². The van der Waals surface area contributed by atoms with E-state index in [0.717, 1.165) is 0 Å². The van der Waals surface area contributed by atoms with Gasteiger partial charge in [0.15, 0.2) is 17.3 Å². The third-order valence-electron chi connectivity index (χ3n) is 4.23. The van der Waals surface area contributed by atoms with Gasteiger partial charge in [-0.05, 0) is 30.3 Å². The Kier molecular flexibility index (Phi) is 5.73. The van der Waals surface area contributed by atoms with Crippen LogP contribution < -0.4 is 10.1 Å². The van der Waals surface area contributed by atoms with Gasteiger partial charge in [-0.3, -0.25) is 0 Å². The first-order valence-corrected chi connectivity index (χ1v) is 9.33. The molecule has 0 atom stereocenters. The molecule has 1 N–H and O–H groups in total. The van der Waals surface area contributed by atoms with Gasteiger partial charge < -0.3 is 10.1 Å². The van der Waals surface area contributed by atoms with E-state index in [1.165, 1.54) is 18.7 Å². The lowest BCUT2D eigenvalue weighted by molar-refractivity contribution is 0.477. The molecule has 5 rings (SSSR count). The molecule has 4 heterocycles. The van der Waals surface area contributed by atoms with Gasteiger partial charge in [-0.25, -0.2) is 28.8 Å². The lowest BCUT2D eigenvalue weighted by Gasteiger charge is -2.13. The van der Waals surface area contributed by atoms with Crippen molar-refractivity contribution in [3.05, 3.63) is 71.2 Å². The van der Waals surface area contributed by atoms with Crippen molar-refractivity contribution in [1.82, 2.24) is 29.5 Å². The fourth-order valence-corrected chi connectivity index (χ4v) is 3.18. The quantitative estimate of drug-likeness (QED) is 0.342. The minimum Gasteiger partial charge on any atom is -0.455 e. The number of halogens is 4. The number of aromatic nitrogens is 6. The second kappa shape index (κ2) is 8.46. The number of nitrogens with one attached hydrogen (secondary N) is 1. The summed E-state index contributed by atoms with van der Waals surface area (Å²) in [4.78, 5) is 16.5. The van der Waals surface area contributed by atoms with Gasteiger partial charge in [0.2, 0.25) is 0 Å². The summed E-state index contributed by atoms with van der Waals surface area (Å²) in [6.45, 7) is 0. The van der Waals surface area contributed by atoms with E-state index in [4.69, 9.17) is 27.9 Å². The van der Waals surface area contributed by atoms with Crippen molar-refractivity contribution < 1.29 is 9.13 Å². The highest BCUT2D eigenvalue weighted by Gasteiger charge is 2.16. The van der Waals surface area contributed by atoms with Gasteiger partial charge in [-0.1, -0.05) is 23.2 Å². The van der Waals surface area contributed by atoms with Gasteiger partial charge in [-0.2, -0.15) is 5.10 Å². The van der Waals surface area contributed by atoms with Crippen molar-refractivity contribution in [2.24, 2.45) is 0 Å². The first-order valence-electron chi connectivity index (χ1n) is 8.58. The zero-order valence-electron chi connectivity index (χ0n) is 15.3. The molecule has 0 spiro atoms. The van der Waals surface area contributed by atoms with Crippen molar-refractivity contribution in [2.45, 2.75) is 0 Å². The zero-order valence-corrected chi connectivity index (χ0v) is 17.7. The van der Waals surface area contributed by atoms with E-state index < -0.39 is 5.82 Å². The maximum atomic E-state index is 14.9. The van der Waals surface area contributed by atoms with E-state index in [0.29, 0.717) is 28.2 Å². The van der Waals surface area contributed by atoms with Crippen LogP contribution in [0.3, 0.4) is 0 Å². The summed E-state index contributed by atoms with van der Waals surface area (Å²) in [6, 6.07) is 9.68. The summed E-state index contributed by atoms with van der Waals surface area (Å²) >= 11 is 12.2. The molecule has 4 aromatic heterocycles. The molecule has 0 amide bonds. The normalized spacial score (nSPS) is 10.8. The Morgan fingerprint density at radius 2 is 1.87 bits per heavy atom. The van der Waals surface area contributed by atoms with Gasteiger partial charge >= 0.3 is 0 Å². The number of anilines is 2. The maximum Gasteiger partial charge on any atom is 0.169 e. The number of rotatable bonds is 4. The molecule has 0 fully saturated rings. The second-order valence-electron chi connectivity index (χ2n) is 6.12. The topological polar surface area (TPSA) is 90.1 Å². The third-order valence-corrected chi connectivity index (χ3v) is 4.79. The van der Waals surface area contributed by atoms with Gasteiger partial charge in [0, 0.05) is 12.3 Å². The third kappa shape index (κ3) is 4.02. The predicted molar refractivity (Wildman–Crippen MR) is 117 cm³/mol. The largest absolute Gasteiger partial charge is 0.455 e. The standard InChI is InChI=1S/C19H10Cl2FN7O.ClH/c20-14-4-2-12-18(28-14)19(25-8-23-12)27-11-1-3-13(16(21)17(11)22)30-10-5-6-29-15(7-10)24-9-26-29;/h1-9H,(H,23,25,27);1H. The summed E-state index contributed by atoms with van der Waals surface area (Å²) in [5, 5.41) is 6.98. The maximum absolute atomic E-state index is 14.9. The lowest BCUT2D eigenvalue weighted by atomic mass is 10.2. The molecule has 0 aliphatic heterocycles. The van der Waals surface area contributed by atoms with E-state index >= 15 is 0 Å². The summed E-state index contributed by atoms with van der Waals surface area (Å²) in [7, 11) is 0. The Morgan fingerprint density at radius 1 is 1.00 bits per heavy atom. The highest BCUT2D eigenvalue weighted by molar-refractivity contribution is 6.32. The molecule has 0 aliphatic carbocycles. The SMILES string of the molecule is Cl.Fc1c(Nc2ncnc3ccc(Cl)nc23)ccc(Oc2ccn3ncnc3c2)c1Cl. The van der Waals surface area contributed by atoms with Crippen molar-refractivity contribution in [1.29, 1.82) is 0 Å². The lowest BCUT2D eigenvalue weighted by Crippen LogP contribution is -2.00. The van der Waals surface area contributed by atoms with Gasteiger partial charge in [0.1, 0.15) is 39.8 Å². The van der Waals surface area contributed by atoms with Crippen LogP contribution in [0.15, 0.2) is 55.2 Å². The van der Waals surface area contributed by atoms with Crippen molar-refractivity contribution in [3.63, 3.8) is 0 Å². The fraction of sp³-hybridized carbons (Fsp3) is 0. The van der Waals surface area contributed by atoms with Crippen LogP contribution in [0.4, 0.5) is 15.9 Å². The molecule has 8 nitrogen and oxygen atoms in total. The summed E-state index contributed by atoms with van der Waals surface area (Å²) in [6.07, 6.45) is 4.44. The average molecular weight is 479 g/mol. The molecular formula is C19H11Cl3FN7O. The molecule has 31 heavy (non-hydrogen) atoms. The molecule has 0 radical (unpaired) electrons. The van der Waals surface area contributed by atoms with Crippen LogP contribution in [0.1, 0.15) is 0 Å². The van der Waals surface area contributed by atoms with Gasteiger partial charge in [0.25, 0.3) is 0 Å². The smallest absolute Gasteiger partial charge is 0.169 e. The van der Waals surface area contributed by atoms with Crippen molar-refractivity contribution in [2.75, 3.05) is 5.32 Å². The highest BCUT2D eigenvalue weighted by atomic mass is 35.5. The molecular weight excluding hydrogens is 468 g/mol. The molecule has 1 aromatic carbocycles. The molecule has 0 unspecified atom stereocenters. The Balaban J connectivity index is 0.00000231. The second-order valence-corrected chi connectivity index (χ2v) is 6.88. The number of fused-ring (bicyclic) bond motifs is 2.